The Hall–Kier alpha value is -1.10. The van der Waals surface area contributed by atoms with Crippen LogP contribution in [0.4, 0.5) is 0 Å². The van der Waals surface area contributed by atoms with Crippen molar-refractivity contribution >= 4 is 17.5 Å². The number of rotatable bonds is 5. The third-order valence-corrected chi connectivity index (χ3v) is 4.32. The fraction of sp³-hybridized carbons (Fsp3) is 0.562. The fourth-order valence-corrected chi connectivity index (χ4v) is 2.91. The molecule has 2 atom stereocenters. The lowest BCUT2D eigenvalue weighted by Crippen LogP contribution is -2.44. The molecule has 2 aliphatic rings. The summed E-state index contributed by atoms with van der Waals surface area (Å²) in [6.45, 7) is 2.16. The molecule has 1 heterocycles. The molecule has 3 rings (SSSR count). The molecule has 0 radical (unpaired) electrons. The van der Waals surface area contributed by atoms with Crippen molar-refractivity contribution in [1.82, 2.24) is 10.6 Å². The van der Waals surface area contributed by atoms with Crippen LogP contribution in [0.1, 0.15) is 30.9 Å². The van der Waals surface area contributed by atoms with Crippen molar-refractivity contribution in [3.8, 4) is 0 Å². The molecule has 0 aromatic heterocycles. The summed E-state index contributed by atoms with van der Waals surface area (Å²) in [6.07, 6.45) is 2.83. The molecular formula is C16H21ClN2O2. The maximum Gasteiger partial charge on any atom is 0.222 e. The molecule has 1 saturated heterocycles. The molecule has 1 saturated carbocycles. The van der Waals surface area contributed by atoms with E-state index >= 15 is 0 Å². The molecule has 0 bridgehead atoms. The van der Waals surface area contributed by atoms with Crippen molar-refractivity contribution < 1.29 is 9.53 Å². The number of halogens is 1. The van der Waals surface area contributed by atoms with Gasteiger partial charge in [-0.15, -0.1) is 0 Å². The normalized spacial score (nSPS) is 23.6. The Balaban J connectivity index is 1.59. The Morgan fingerprint density at radius 1 is 1.38 bits per heavy atom. The van der Waals surface area contributed by atoms with Gasteiger partial charge < -0.3 is 15.4 Å². The van der Waals surface area contributed by atoms with E-state index in [1.807, 2.05) is 24.3 Å². The van der Waals surface area contributed by atoms with Gasteiger partial charge in [-0.2, -0.15) is 0 Å². The van der Waals surface area contributed by atoms with Gasteiger partial charge in [-0.25, -0.2) is 0 Å². The number of ether oxygens (including phenoxy) is 1. The number of amides is 1. The Bertz CT molecular complexity index is 482. The van der Waals surface area contributed by atoms with Crippen molar-refractivity contribution in [2.45, 2.75) is 31.3 Å². The second-order valence-corrected chi connectivity index (χ2v) is 6.30. The summed E-state index contributed by atoms with van der Waals surface area (Å²) in [5.41, 5.74) is 1.14. The average Bonchev–Trinajstić information content (AvgIpc) is 3.31. The largest absolute Gasteiger partial charge is 0.378 e. The standard InChI is InChI=1S/C16H21ClN2O2/c17-13-5-3-12(4-6-13)16(11-1-2-11)19-15(20)9-14-10-21-8-7-18-14/h3-6,11,14,16,18H,1-2,7-10H2,(H,19,20). The van der Waals surface area contributed by atoms with E-state index in [9.17, 15) is 4.79 Å². The first-order valence-corrected chi connectivity index (χ1v) is 7.96. The molecule has 1 amide bonds. The molecule has 2 unspecified atom stereocenters. The van der Waals surface area contributed by atoms with Gasteiger partial charge in [-0.1, -0.05) is 23.7 Å². The van der Waals surface area contributed by atoms with Gasteiger partial charge in [0.25, 0.3) is 0 Å². The molecule has 2 fully saturated rings. The molecule has 4 nitrogen and oxygen atoms in total. The number of hydrogen-bond donors (Lipinski definition) is 2. The highest BCUT2D eigenvalue weighted by atomic mass is 35.5. The van der Waals surface area contributed by atoms with Crippen molar-refractivity contribution in [3.05, 3.63) is 34.9 Å². The van der Waals surface area contributed by atoms with Crippen molar-refractivity contribution in [1.29, 1.82) is 0 Å². The Morgan fingerprint density at radius 3 is 2.76 bits per heavy atom. The number of hydrogen-bond acceptors (Lipinski definition) is 3. The van der Waals surface area contributed by atoms with Crippen molar-refractivity contribution in [2.75, 3.05) is 19.8 Å². The second kappa shape index (κ2) is 6.77. The predicted molar refractivity (Wildman–Crippen MR) is 82.3 cm³/mol. The van der Waals surface area contributed by atoms with Crippen molar-refractivity contribution in [3.63, 3.8) is 0 Å². The van der Waals surface area contributed by atoms with Gasteiger partial charge in [0, 0.05) is 24.0 Å². The molecular weight excluding hydrogens is 288 g/mol. The minimum atomic E-state index is 0.0878. The van der Waals surface area contributed by atoms with Crippen molar-refractivity contribution in [2.24, 2.45) is 5.92 Å². The van der Waals surface area contributed by atoms with E-state index < -0.39 is 0 Å². The highest BCUT2D eigenvalue weighted by Gasteiger charge is 2.33. The highest BCUT2D eigenvalue weighted by molar-refractivity contribution is 6.30. The highest BCUT2D eigenvalue weighted by Crippen LogP contribution is 2.41. The molecule has 1 aliphatic carbocycles. The maximum atomic E-state index is 12.3. The minimum Gasteiger partial charge on any atom is -0.378 e. The first kappa shape index (κ1) is 14.8. The lowest BCUT2D eigenvalue weighted by molar-refractivity contribution is -0.123. The maximum absolute atomic E-state index is 12.3. The molecule has 0 spiro atoms. The summed E-state index contributed by atoms with van der Waals surface area (Å²) in [5, 5.41) is 7.22. The summed E-state index contributed by atoms with van der Waals surface area (Å²) in [5.74, 6) is 0.649. The topological polar surface area (TPSA) is 50.4 Å². The second-order valence-electron chi connectivity index (χ2n) is 5.86. The van der Waals surface area contributed by atoms with Crippen LogP contribution in [-0.2, 0) is 9.53 Å². The van der Waals surface area contributed by atoms with E-state index in [-0.39, 0.29) is 18.0 Å². The SMILES string of the molecule is O=C(CC1COCCN1)NC(c1ccc(Cl)cc1)C1CC1. The van der Waals surface area contributed by atoms with Crippen LogP contribution < -0.4 is 10.6 Å². The molecule has 1 aromatic carbocycles. The monoisotopic (exact) mass is 308 g/mol. The molecule has 2 N–H and O–H groups in total. The van der Waals surface area contributed by atoms with Gasteiger partial charge in [-0.3, -0.25) is 4.79 Å². The number of nitrogens with one attached hydrogen (secondary N) is 2. The fourth-order valence-electron chi connectivity index (χ4n) is 2.78. The predicted octanol–water partition coefficient (Wildman–Crippen LogP) is 2.29. The van der Waals surface area contributed by atoms with Gasteiger partial charge in [0.1, 0.15) is 0 Å². The lowest BCUT2D eigenvalue weighted by atomic mass is 10.0. The van der Waals surface area contributed by atoms with E-state index in [4.69, 9.17) is 16.3 Å². The first-order chi connectivity index (χ1) is 10.2. The summed E-state index contributed by atoms with van der Waals surface area (Å²) in [6, 6.07) is 8.02. The van der Waals surface area contributed by atoms with Crippen LogP contribution >= 0.6 is 11.6 Å². The number of morpholine rings is 1. The third kappa shape index (κ3) is 4.19. The zero-order valence-corrected chi connectivity index (χ0v) is 12.7. The van der Waals surface area contributed by atoms with Crippen LogP contribution in [0.2, 0.25) is 5.02 Å². The van der Waals surface area contributed by atoms with Crippen LogP contribution in [0.15, 0.2) is 24.3 Å². The first-order valence-electron chi connectivity index (χ1n) is 7.58. The van der Waals surface area contributed by atoms with Gasteiger partial charge >= 0.3 is 0 Å². The Labute approximate surface area is 130 Å². The Morgan fingerprint density at radius 2 is 2.14 bits per heavy atom. The lowest BCUT2D eigenvalue weighted by Gasteiger charge is -2.25. The van der Waals surface area contributed by atoms with E-state index in [2.05, 4.69) is 10.6 Å². The number of carbonyl (C=O) groups excluding carboxylic acids is 1. The van der Waals surface area contributed by atoms with E-state index in [1.54, 1.807) is 0 Å². The summed E-state index contributed by atoms with van der Waals surface area (Å²) in [7, 11) is 0. The minimum absolute atomic E-state index is 0.0878. The van der Waals surface area contributed by atoms with Gasteiger partial charge in [-0.05, 0) is 36.5 Å². The van der Waals surface area contributed by atoms with E-state index in [0.717, 1.165) is 23.7 Å². The van der Waals surface area contributed by atoms with Crippen LogP contribution in [-0.4, -0.2) is 31.7 Å². The van der Waals surface area contributed by atoms with Gasteiger partial charge in [0.05, 0.1) is 19.3 Å². The Kier molecular flexibility index (Phi) is 4.78. The number of carbonyl (C=O) groups is 1. The molecule has 114 valence electrons. The summed E-state index contributed by atoms with van der Waals surface area (Å²) < 4.78 is 5.39. The van der Waals surface area contributed by atoms with Crippen LogP contribution in [0.3, 0.4) is 0 Å². The van der Waals surface area contributed by atoms with E-state index in [0.29, 0.717) is 18.9 Å². The quantitative estimate of drug-likeness (QED) is 0.877. The third-order valence-electron chi connectivity index (χ3n) is 4.07. The molecule has 1 aliphatic heterocycles. The zero-order chi connectivity index (χ0) is 14.7. The van der Waals surface area contributed by atoms with Crippen LogP contribution in [0.5, 0.6) is 0 Å². The zero-order valence-electron chi connectivity index (χ0n) is 12.0. The summed E-state index contributed by atoms with van der Waals surface area (Å²) >= 11 is 5.94. The van der Waals surface area contributed by atoms with Gasteiger partial charge in [0.15, 0.2) is 0 Å². The number of benzene rings is 1. The molecule has 21 heavy (non-hydrogen) atoms. The molecule has 5 heteroatoms. The summed E-state index contributed by atoms with van der Waals surface area (Å²) in [4.78, 5) is 12.3. The van der Waals surface area contributed by atoms with Crippen LogP contribution in [0, 0.1) is 5.92 Å². The smallest absolute Gasteiger partial charge is 0.222 e. The van der Waals surface area contributed by atoms with Gasteiger partial charge in [0.2, 0.25) is 5.91 Å². The molecule has 1 aromatic rings. The van der Waals surface area contributed by atoms with Crippen LogP contribution in [0.25, 0.3) is 0 Å². The average molecular weight is 309 g/mol. The van der Waals surface area contributed by atoms with E-state index in [1.165, 1.54) is 12.8 Å².